The number of carbonyl (C=O) groups excluding carboxylic acids is 2. The van der Waals surface area contributed by atoms with E-state index in [9.17, 15) is 19.8 Å². The van der Waals surface area contributed by atoms with Crippen LogP contribution in [0.2, 0.25) is 0 Å². The average Bonchev–Trinajstić information content (AvgIpc) is 2.77. The third-order valence-corrected chi connectivity index (χ3v) is 6.16. The van der Waals surface area contributed by atoms with Gasteiger partial charge in [-0.1, -0.05) is 60.7 Å². The second kappa shape index (κ2) is 8.98. The third kappa shape index (κ3) is 3.98. The molecule has 0 aliphatic heterocycles. The molecule has 0 saturated heterocycles. The van der Waals surface area contributed by atoms with Crippen LogP contribution in [0.1, 0.15) is 24.0 Å². The molecule has 2 unspecified atom stereocenters. The van der Waals surface area contributed by atoms with Crippen molar-refractivity contribution < 1.29 is 29.3 Å². The number of benzene rings is 2. The highest BCUT2D eigenvalue weighted by Crippen LogP contribution is 2.51. The first-order chi connectivity index (χ1) is 14.4. The largest absolute Gasteiger partial charge is 0.469 e. The van der Waals surface area contributed by atoms with Crippen LogP contribution in [0, 0.1) is 10.8 Å². The van der Waals surface area contributed by atoms with E-state index >= 15 is 0 Å². The predicted molar refractivity (Wildman–Crippen MR) is 110 cm³/mol. The van der Waals surface area contributed by atoms with Crippen LogP contribution in [0.25, 0.3) is 0 Å². The van der Waals surface area contributed by atoms with Gasteiger partial charge in [0.2, 0.25) is 0 Å². The van der Waals surface area contributed by atoms with E-state index in [1.54, 1.807) is 0 Å². The summed E-state index contributed by atoms with van der Waals surface area (Å²) < 4.78 is 10.2. The molecule has 0 radical (unpaired) electrons. The summed E-state index contributed by atoms with van der Waals surface area (Å²) in [6.45, 7) is 0. The van der Waals surface area contributed by atoms with E-state index in [-0.39, 0.29) is 25.7 Å². The summed E-state index contributed by atoms with van der Waals surface area (Å²) in [7, 11) is 2.50. The van der Waals surface area contributed by atoms with Gasteiger partial charge in [0.1, 0.15) is 10.8 Å². The van der Waals surface area contributed by atoms with Gasteiger partial charge in [0.25, 0.3) is 0 Å². The van der Waals surface area contributed by atoms with Gasteiger partial charge in [-0.2, -0.15) is 0 Å². The number of methoxy groups -OCH3 is 2. The maximum absolute atomic E-state index is 13.1. The maximum atomic E-state index is 13.1. The Morgan fingerprint density at radius 2 is 1.17 bits per heavy atom. The highest BCUT2D eigenvalue weighted by molar-refractivity contribution is 5.84. The van der Waals surface area contributed by atoms with E-state index < -0.39 is 35.0 Å². The van der Waals surface area contributed by atoms with E-state index in [2.05, 4.69) is 0 Å². The van der Waals surface area contributed by atoms with Crippen molar-refractivity contribution >= 4 is 11.9 Å². The first-order valence-corrected chi connectivity index (χ1v) is 9.99. The zero-order valence-electron chi connectivity index (χ0n) is 17.3. The number of rotatable bonds is 6. The lowest BCUT2D eigenvalue weighted by Crippen LogP contribution is -2.63. The number of esters is 2. The summed E-state index contributed by atoms with van der Waals surface area (Å²) in [6, 6.07) is 18.4. The van der Waals surface area contributed by atoms with Gasteiger partial charge >= 0.3 is 11.9 Å². The lowest BCUT2D eigenvalue weighted by molar-refractivity contribution is -0.200. The molecule has 3 rings (SSSR count). The van der Waals surface area contributed by atoms with Crippen molar-refractivity contribution in [2.45, 2.75) is 37.9 Å². The van der Waals surface area contributed by atoms with Gasteiger partial charge < -0.3 is 19.7 Å². The molecule has 0 heterocycles. The fourth-order valence-corrected chi connectivity index (χ4v) is 4.86. The molecule has 1 fully saturated rings. The molecule has 0 amide bonds. The van der Waals surface area contributed by atoms with Gasteiger partial charge in [0, 0.05) is 0 Å². The molecule has 6 heteroatoms. The highest BCUT2D eigenvalue weighted by atomic mass is 16.5. The Hall–Kier alpha value is -2.70. The monoisotopic (exact) mass is 412 g/mol. The van der Waals surface area contributed by atoms with Crippen molar-refractivity contribution in [3.05, 3.63) is 71.8 Å². The van der Waals surface area contributed by atoms with Crippen LogP contribution < -0.4 is 0 Å². The number of aliphatic hydroxyl groups is 2. The molecule has 2 aromatic rings. The lowest BCUT2D eigenvalue weighted by Gasteiger charge is -2.50. The zero-order chi connectivity index (χ0) is 21.8. The summed E-state index contributed by atoms with van der Waals surface area (Å²) in [5.41, 5.74) is -1.38. The minimum Gasteiger partial charge on any atom is -0.469 e. The van der Waals surface area contributed by atoms with Gasteiger partial charge in [-0.3, -0.25) is 9.59 Å². The topological polar surface area (TPSA) is 93.1 Å². The maximum Gasteiger partial charge on any atom is 0.314 e. The predicted octanol–water partition coefficient (Wildman–Crippen LogP) is 2.31. The van der Waals surface area contributed by atoms with Crippen molar-refractivity contribution in [1.29, 1.82) is 0 Å². The fourth-order valence-electron chi connectivity index (χ4n) is 4.86. The molecular formula is C24H28O6. The highest BCUT2D eigenvalue weighted by Gasteiger charge is 2.63. The van der Waals surface area contributed by atoms with Crippen molar-refractivity contribution in [3.8, 4) is 0 Å². The van der Waals surface area contributed by atoms with Gasteiger partial charge in [0.15, 0.2) is 0 Å². The molecule has 0 spiro atoms. The number of carbonyl (C=O) groups is 2. The summed E-state index contributed by atoms with van der Waals surface area (Å²) in [5.74, 6) is -1.31. The molecule has 1 aliphatic rings. The fraction of sp³-hybridized carbons (Fsp3) is 0.417. The summed E-state index contributed by atoms with van der Waals surface area (Å²) in [6.07, 6.45) is -2.15. The van der Waals surface area contributed by atoms with Crippen LogP contribution in [0.4, 0.5) is 0 Å². The zero-order valence-corrected chi connectivity index (χ0v) is 17.3. The number of ether oxygens (including phenoxy) is 2. The smallest absolute Gasteiger partial charge is 0.314 e. The first-order valence-electron chi connectivity index (χ1n) is 9.99. The molecule has 6 nitrogen and oxygen atoms in total. The van der Waals surface area contributed by atoms with Gasteiger partial charge in [-0.25, -0.2) is 0 Å². The second-order valence-corrected chi connectivity index (χ2v) is 8.08. The van der Waals surface area contributed by atoms with Crippen LogP contribution >= 0.6 is 0 Å². The standard InChI is InChI=1S/C24H28O6/c1-29-21(27)23(13-17-9-5-3-6-10-17)15-19(25)16-24(20(23)26,22(28)30-2)14-18-11-7-4-8-12-18/h3-12,19-20,25-26H,13-16H2,1-2H3/t19-,20-,23?,24?. The van der Waals surface area contributed by atoms with Crippen molar-refractivity contribution in [2.24, 2.45) is 10.8 Å². The Morgan fingerprint density at radius 3 is 1.50 bits per heavy atom. The van der Waals surface area contributed by atoms with Crippen molar-refractivity contribution in [2.75, 3.05) is 14.2 Å². The molecule has 1 aliphatic carbocycles. The number of aliphatic hydroxyl groups excluding tert-OH is 2. The van der Waals surface area contributed by atoms with E-state index in [4.69, 9.17) is 9.47 Å². The molecule has 0 bridgehead atoms. The lowest BCUT2D eigenvalue weighted by atomic mass is 9.55. The van der Waals surface area contributed by atoms with E-state index in [1.165, 1.54) is 14.2 Å². The third-order valence-electron chi connectivity index (χ3n) is 6.16. The number of hydrogen-bond acceptors (Lipinski definition) is 6. The SMILES string of the molecule is COC(=O)C1(Cc2ccccc2)C[C@H](O)CC(Cc2ccccc2)(C(=O)OC)[C@H]1O. The van der Waals surface area contributed by atoms with Crippen LogP contribution in [0.15, 0.2) is 60.7 Å². The van der Waals surface area contributed by atoms with Crippen LogP contribution in [-0.4, -0.2) is 48.6 Å². The Balaban J connectivity index is 2.13. The van der Waals surface area contributed by atoms with Crippen LogP contribution in [0.5, 0.6) is 0 Å². The molecule has 30 heavy (non-hydrogen) atoms. The van der Waals surface area contributed by atoms with Gasteiger partial charge in [0.05, 0.1) is 26.4 Å². The van der Waals surface area contributed by atoms with Crippen LogP contribution in [-0.2, 0) is 31.9 Å². The molecule has 2 atom stereocenters. The Labute approximate surface area is 176 Å². The van der Waals surface area contributed by atoms with E-state index in [0.29, 0.717) is 0 Å². The Bertz CT molecular complexity index is 796. The average molecular weight is 412 g/mol. The van der Waals surface area contributed by atoms with Gasteiger partial charge in [-0.15, -0.1) is 0 Å². The minimum atomic E-state index is -1.49. The van der Waals surface area contributed by atoms with Crippen LogP contribution in [0.3, 0.4) is 0 Å². The Kier molecular flexibility index (Phi) is 6.58. The molecular weight excluding hydrogens is 384 g/mol. The molecule has 0 aromatic heterocycles. The molecule has 1 saturated carbocycles. The van der Waals surface area contributed by atoms with Crippen molar-refractivity contribution in [1.82, 2.24) is 0 Å². The normalized spacial score (nSPS) is 28.5. The summed E-state index contributed by atoms with van der Waals surface area (Å²) in [5, 5.41) is 22.5. The van der Waals surface area contributed by atoms with E-state index in [1.807, 2.05) is 60.7 Å². The summed E-state index contributed by atoms with van der Waals surface area (Å²) >= 11 is 0. The van der Waals surface area contributed by atoms with Crippen molar-refractivity contribution in [3.63, 3.8) is 0 Å². The number of hydrogen-bond donors (Lipinski definition) is 2. The quantitative estimate of drug-likeness (QED) is 0.708. The Morgan fingerprint density at radius 1 is 0.800 bits per heavy atom. The van der Waals surface area contributed by atoms with E-state index in [0.717, 1.165) is 11.1 Å². The molecule has 2 aromatic carbocycles. The molecule has 2 N–H and O–H groups in total. The molecule has 160 valence electrons. The minimum absolute atomic E-state index is 0.0106. The second-order valence-electron chi connectivity index (χ2n) is 8.08. The summed E-state index contributed by atoms with van der Waals surface area (Å²) in [4.78, 5) is 26.1. The van der Waals surface area contributed by atoms with Gasteiger partial charge in [-0.05, 0) is 36.8 Å². The first kappa shape index (κ1) is 22.0.